The van der Waals surface area contributed by atoms with Gasteiger partial charge in [0.2, 0.25) is 5.88 Å². The smallest absolute Gasteiger partial charge is 0.223 e. The van der Waals surface area contributed by atoms with E-state index in [9.17, 15) is 8.78 Å². The molecule has 1 aromatic carbocycles. The zero-order valence-corrected chi connectivity index (χ0v) is 11.5. The number of nitrogens with two attached hydrogens (primary N) is 1. The van der Waals surface area contributed by atoms with Gasteiger partial charge >= 0.3 is 0 Å². The minimum atomic E-state index is -0.945. The van der Waals surface area contributed by atoms with Crippen LogP contribution in [0.2, 0.25) is 0 Å². The van der Waals surface area contributed by atoms with E-state index in [4.69, 9.17) is 10.5 Å². The van der Waals surface area contributed by atoms with Crippen LogP contribution in [0.1, 0.15) is 29.7 Å². The molecule has 2 aromatic rings. The fourth-order valence-electron chi connectivity index (χ4n) is 2.55. The molecule has 1 aliphatic rings. The van der Waals surface area contributed by atoms with E-state index >= 15 is 0 Å². The van der Waals surface area contributed by atoms with Crippen LogP contribution in [0.3, 0.4) is 0 Å². The number of nitrogens with zero attached hydrogens (tertiary/aromatic N) is 1. The van der Waals surface area contributed by atoms with Gasteiger partial charge in [0.05, 0.1) is 0 Å². The molecule has 0 unspecified atom stereocenters. The maximum atomic E-state index is 13.2. The Morgan fingerprint density at radius 1 is 1.10 bits per heavy atom. The second kappa shape index (κ2) is 5.77. The Balaban J connectivity index is 1.95. The summed E-state index contributed by atoms with van der Waals surface area (Å²) in [6, 6.07) is 5.43. The number of pyridine rings is 1. The summed E-state index contributed by atoms with van der Waals surface area (Å²) in [5, 5.41) is 0. The van der Waals surface area contributed by atoms with Crippen LogP contribution in [0.5, 0.6) is 11.6 Å². The van der Waals surface area contributed by atoms with E-state index in [0.717, 1.165) is 49.1 Å². The first-order valence-corrected chi connectivity index (χ1v) is 7.02. The van der Waals surface area contributed by atoms with Gasteiger partial charge in [0, 0.05) is 23.9 Å². The van der Waals surface area contributed by atoms with Gasteiger partial charge in [-0.1, -0.05) is 0 Å². The third kappa shape index (κ3) is 2.88. The van der Waals surface area contributed by atoms with Gasteiger partial charge in [0.1, 0.15) is 5.75 Å². The molecule has 0 fully saturated rings. The van der Waals surface area contributed by atoms with Gasteiger partial charge in [-0.15, -0.1) is 0 Å². The lowest BCUT2D eigenvalue weighted by molar-refractivity contribution is 0.439. The molecule has 1 aromatic heterocycles. The van der Waals surface area contributed by atoms with Crippen molar-refractivity contribution in [3.63, 3.8) is 0 Å². The lowest BCUT2D eigenvalue weighted by Gasteiger charge is -2.18. The van der Waals surface area contributed by atoms with Crippen molar-refractivity contribution >= 4 is 0 Å². The predicted octanol–water partition coefficient (Wildman–Crippen LogP) is 3.49. The molecule has 5 heteroatoms. The lowest BCUT2D eigenvalue weighted by atomic mass is 9.95. The van der Waals surface area contributed by atoms with Gasteiger partial charge in [-0.05, 0) is 49.4 Å². The Hall–Kier alpha value is -2.01. The van der Waals surface area contributed by atoms with Crippen LogP contribution in [0.25, 0.3) is 0 Å². The largest absolute Gasteiger partial charge is 0.439 e. The average molecular weight is 290 g/mol. The molecule has 0 radical (unpaired) electrons. The molecule has 0 amide bonds. The molecule has 0 saturated heterocycles. The maximum absolute atomic E-state index is 13.2. The third-order valence-electron chi connectivity index (χ3n) is 3.67. The molecule has 1 aliphatic carbocycles. The first-order chi connectivity index (χ1) is 10.2. The lowest BCUT2D eigenvalue weighted by Crippen LogP contribution is -2.10. The molecule has 2 N–H and O–H groups in total. The van der Waals surface area contributed by atoms with Crippen LogP contribution in [0.15, 0.2) is 24.3 Å². The monoisotopic (exact) mass is 290 g/mol. The summed E-state index contributed by atoms with van der Waals surface area (Å²) in [7, 11) is 0. The molecule has 0 saturated carbocycles. The van der Waals surface area contributed by atoms with Gasteiger partial charge in [-0.2, -0.15) is 0 Å². The van der Waals surface area contributed by atoms with E-state index in [1.165, 1.54) is 11.6 Å². The zero-order chi connectivity index (χ0) is 14.8. The first kappa shape index (κ1) is 13.9. The molecule has 3 rings (SSSR count). The van der Waals surface area contributed by atoms with Crippen molar-refractivity contribution in [3.8, 4) is 11.6 Å². The second-order valence-electron chi connectivity index (χ2n) is 5.15. The molecule has 0 atom stereocenters. The molecule has 3 nitrogen and oxygen atoms in total. The van der Waals surface area contributed by atoms with Gasteiger partial charge in [-0.25, -0.2) is 13.8 Å². The Labute approximate surface area is 121 Å². The predicted molar refractivity (Wildman–Crippen MR) is 75.2 cm³/mol. The van der Waals surface area contributed by atoms with Crippen molar-refractivity contribution in [1.82, 2.24) is 4.98 Å². The molecule has 0 spiro atoms. The molecule has 0 bridgehead atoms. The minimum Gasteiger partial charge on any atom is -0.439 e. The quantitative estimate of drug-likeness (QED) is 0.941. The van der Waals surface area contributed by atoms with Crippen molar-refractivity contribution < 1.29 is 13.5 Å². The number of hydrogen-bond donors (Lipinski definition) is 1. The number of ether oxygens (including phenoxy) is 1. The summed E-state index contributed by atoms with van der Waals surface area (Å²) in [6.07, 6.45) is 4.17. The number of benzene rings is 1. The number of hydrogen-bond acceptors (Lipinski definition) is 3. The van der Waals surface area contributed by atoms with Crippen molar-refractivity contribution in [3.05, 3.63) is 52.7 Å². The van der Waals surface area contributed by atoms with E-state index in [1.54, 1.807) is 0 Å². The summed E-state index contributed by atoms with van der Waals surface area (Å²) in [5.41, 5.74) is 8.73. The van der Waals surface area contributed by atoms with Crippen LogP contribution < -0.4 is 10.5 Å². The summed E-state index contributed by atoms with van der Waals surface area (Å²) in [4.78, 5) is 4.51. The standard InChI is InChI=1S/C16H16F2N2O/c17-13-6-5-12(8-14(13)18)21-16-11(9-19)7-10-3-1-2-4-15(10)20-16/h5-8H,1-4,9,19H2. The molecular weight excluding hydrogens is 274 g/mol. The Morgan fingerprint density at radius 2 is 1.90 bits per heavy atom. The third-order valence-corrected chi connectivity index (χ3v) is 3.67. The summed E-state index contributed by atoms with van der Waals surface area (Å²) < 4.78 is 31.8. The number of rotatable bonds is 3. The highest BCUT2D eigenvalue weighted by molar-refractivity contribution is 5.38. The Bertz CT molecular complexity index is 674. The number of halogens is 2. The van der Waals surface area contributed by atoms with Crippen LogP contribution in [0, 0.1) is 11.6 Å². The Kier molecular flexibility index (Phi) is 3.84. The highest BCUT2D eigenvalue weighted by Crippen LogP contribution is 2.29. The number of aromatic nitrogens is 1. The molecule has 1 heterocycles. The summed E-state index contributed by atoms with van der Waals surface area (Å²) in [5.74, 6) is -1.25. The molecule has 21 heavy (non-hydrogen) atoms. The summed E-state index contributed by atoms with van der Waals surface area (Å²) >= 11 is 0. The van der Waals surface area contributed by atoms with Gasteiger partial charge in [0.25, 0.3) is 0 Å². The van der Waals surface area contributed by atoms with Gasteiger partial charge in [-0.3, -0.25) is 0 Å². The van der Waals surface area contributed by atoms with Crippen molar-refractivity contribution in [2.45, 2.75) is 32.2 Å². The van der Waals surface area contributed by atoms with Crippen LogP contribution in [0.4, 0.5) is 8.78 Å². The number of fused-ring (bicyclic) bond motifs is 1. The molecule has 110 valence electrons. The van der Waals surface area contributed by atoms with Crippen molar-refractivity contribution in [2.24, 2.45) is 5.73 Å². The van der Waals surface area contributed by atoms with Crippen LogP contribution in [-0.4, -0.2) is 4.98 Å². The highest BCUT2D eigenvalue weighted by Gasteiger charge is 2.16. The fourth-order valence-corrected chi connectivity index (χ4v) is 2.55. The normalized spacial score (nSPS) is 13.9. The average Bonchev–Trinajstić information content (AvgIpc) is 2.50. The van der Waals surface area contributed by atoms with E-state index in [1.807, 2.05) is 6.07 Å². The van der Waals surface area contributed by atoms with E-state index in [2.05, 4.69) is 4.98 Å². The van der Waals surface area contributed by atoms with Gasteiger partial charge < -0.3 is 10.5 Å². The minimum absolute atomic E-state index is 0.215. The second-order valence-corrected chi connectivity index (χ2v) is 5.15. The fraction of sp³-hybridized carbons (Fsp3) is 0.312. The zero-order valence-electron chi connectivity index (χ0n) is 11.5. The highest BCUT2D eigenvalue weighted by atomic mass is 19.2. The van der Waals surface area contributed by atoms with Crippen LogP contribution in [-0.2, 0) is 19.4 Å². The van der Waals surface area contributed by atoms with Crippen LogP contribution >= 0.6 is 0 Å². The van der Waals surface area contributed by atoms with Crippen molar-refractivity contribution in [1.29, 1.82) is 0 Å². The summed E-state index contributed by atoms with van der Waals surface area (Å²) in [6.45, 7) is 0.291. The van der Waals surface area contributed by atoms with Gasteiger partial charge in [0.15, 0.2) is 11.6 Å². The topological polar surface area (TPSA) is 48.1 Å². The molecule has 0 aliphatic heterocycles. The first-order valence-electron chi connectivity index (χ1n) is 7.02. The van der Waals surface area contributed by atoms with E-state index in [0.29, 0.717) is 12.4 Å². The Morgan fingerprint density at radius 3 is 2.67 bits per heavy atom. The number of aryl methyl sites for hydroxylation is 2. The molecular formula is C16H16F2N2O. The van der Waals surface area contributed by atoms with E-state index < -0.39 is 11.6 Å². The van der Waals surface area contributed by atoms with Crippen molar-refractivity contribution in [2.75, 3.05) is 0 Å². The van der Waals surface area contributed by atoms with E-state index in [-0.39, 0.29) is 5.75 Å². The SMILES string of the molecule is NCc1cc2c(nc1Oc1ccc(F)c(F)c1)CCCC2. The maximum Gasteiger partial charge on any atom is 0.223 e.